The van der Waals surface area contributed by atoms with Crippen molar-refractivity contribution in [1.29, 1.82) is 0 Å². The van der Waals surface area contributed by atoms with Crippen LogP contribution in [0.15, 0.2) is 24.3 Å². The van der Waals surface area contributed by atoms with Crippen molar-refractivity contribution in [2.45, 2.75) is 46.1 Å². The van der Waals surface area contributed by atoms with E-state index < -0.39 is 5.91 Å². The number of aryl methyl sites for hydroxylation is 1. The summed E-state index contributed by atoms with van der Waals surface area (Å²) in [7, 11) is 0. The lowest BCUT2D eigenvalue weighted by atomic mass is 9.95. The minimum Gasteiger partial charge on any atom is -0.366 e. The number of benzene rings is 1. The van der Waals surface area contributed by atoms with Crippen LogP contribution in [0.2, 0.25) is 0 Å². The standard InChI is InChI=1S/C19H24N4O2/c1-4-23-17(11-15(21-23)12(2)3)19(25)22-10-6-8-13-14(18(20)24)7-5-9-16(13)22/h5,7,9,11-12H,4,6,8,10H2,1-3H3,(H2,20,24). The van der Waals surface area contributed by atoms with Gasteiger partial charge in [-0.05, 0) is 49.4 Å². The van der Waals surface area contributed by atoms with Gasteiger partial charge in [0.15, 0.2) is 0 Å². The Balaban J connectivity index is 2.04. The number of nitrogens with zero attached hydrogens (tertiary/aromatic N) is 3. The second kappa shape index (κ2) is 6.70. The molecule has 0 radical (unpaired) electrons. The lowest BCUT2D eigenvalue weighted by Gasteiger charge is -2.30. The zero-order valence-corrected chi connectivity index (χ0v) is 15.0. The van der Waals surface area contributed by atoms with Crippen LogP contribution >= 0.6 is 0 Å². The van der Waals surface area contributed by atoms with E-state index in [4.69, 9.17) is 5.73 Å². The summed E-state index contributed by atoms with van der Waals surface area (Å²) in [5.74, 6) is -0.273. The molecular weight excluding hydrogens is 316 g/mol. The van der Waals surface area contributed by atoms with Gasteiger partial charge < -0.3 is 10.6 Å². The molecule has 1 aromatic carbocycles. The molecule has 1 aliphatic rings. The molecule has 6 heteroatoms. The normalized spacial score (nSPS) is 13.8. The lowest BCUT2D eigenvalue weighted by molar-refractivity contribution is 0.0969. The van der Waals surface area contributed by atoms with Gasteiger partial charge in [0.1, 0.15) is 5.69 Å². The minimum atomic E-state index is -0.452. The van der Waals surface area contributed by atoms with Crippen molar-refractivity contribution in [3.05, 3.63) is 46.8 Å². The second-order valence-electron chi connectivity index (χ2n) is 6.65. The molecule has 2 amide bonds. The van der Waals surface area contributed by atoms with Crippen LogP contribution in [0.3, 0.4) is 0 Å². The average molecular weight is 340 g/mol. The first-order valence-electron chi connectivity index (χ1n) is 8.75. The van der Waals surface area contributed by atoms with E-state index in [-0.39, 0.29) is 11.8 Å². The fraction of sp³-hybridized carbons (Fsp3) is 0.421. The summed E-state index contributed by atoms with van der Waals surface area (Å²) in [4.78, 5) is 26.7. The minimum absolute atomic E-state index is 0.0798. The van der Waals surface area contributed by atoms with E-state index in [0.29, 0.717) is 24.3 Å². The van der Waals surface area contributed by atoms with Gasteiger partial charge in [-0.1, -0.05) is 19.9 Å². The van der Waals surface area contributed by atoms with Crippen LogP contribution in [0.1, 0.15) is 65.2 Å². The number of nitrogens with two attached hydrogens (primary N) is 1. The molecule has 0 aliphatic carbocycles. The van der Waals surface area contributed by atoms with E-state index in [9.17, 15) is 9.59 Å². The fourth-order valence-electron chi connectivity index (χ4n) is 3.34. The Bertz CT molecular complexity index is 823. The van der Waals surface area contributed by atoms with Gasteiger partial charge in [0.2, 0.25) is 5.91 Å². The summed E-state index contributed by atoms with van der Waals surface area (Å²) in [6.07, 6.45) is 1.56. The van der Waals surface area contributed by atoms with Crippen LogP contribution < -0.4 is 10.6 Å². The van der Waals surface area contributed by atoms with Crippen molar-refractivity contribution in [1.82, 2.24) is 9.78 Å². The summed E-state index contributed by atoms with van der Waals surface area (Å²) in [6, 6.07) is 7.26. The molecule has 0 unspecified atom stereocenters. The number of primary amides is 1. The van der Waals surface area contributed by atoms with Crippen LogP contribution in [-0.4, -0.2) is 28.1 Å². The van der Waals surface area contributed by atoms with Gasteiger partial charge in [0.25, 0.3) is 5.91 Å². The molecule has 25 heavy (non-hydrogen) atoms. The third-order valence-corrected chi connectivity index (χ3v) is 4.67. The molecule has 2 aromatic rings. The SMILES string of the molecule is CCn1nc(C(C)C)cc1C(=O)N1CCCc2c(C(N)=O)cccc21. The van der Waals surface area contributed by atoms with E-state index in [1.54, 1.807) is 21.7 Å². The molecule has 0 saturated carbocycles. The van der Waals surface area contributed by atoms with Crippen LogP contribution in [0, 0.1) is 0 Å². The Labute approximate surface area is 147 Å². The monoisotopic (exact) mass is 340 g/mol. The van der Waals surface area contributed by atoms with Gasteiger partial charge in [-0.25, -0.2) is 0 Å². The molecule has 0 saturated heterocycles. The number of fused-ring (bicyclic) bond motifs is 1. The summed E-state index contributed by atoms with van der Waals surface area (Å²) >= 11 is 0. The topological polar surface area (TPSA) is 81.2 Å². The van der Waals surface area contributed by atoms with E-state index in [2.05, 4.69) is 18.9 Å². The molecule has 2 N–H and O–H groups in total. The molecule has 2 heterocycles. The molecular formula is C19H24N4O2. The highest BCUT2D eigenvalue weighted by molar-refractivity contribution is 6.07. The van der Waals surface area contributed by atoms with Gasteiger partial charge >= 0.3 is 0 Å². The van der Waals surface area contributed by atoms with Crippen molar-refractivity contribution in [2.24, 2.45) is 5.73 Å². The Morgan fingerprint density at radius 2 is 2.08 bits per heavy atom. The Morgan fingerprint density at radius 1 is 1.32 bits per heavy atom. The zero-order chi connectivity index (χ0) is 18.1. The summed E-state index contributed by atoms with van der Waals surface area (Å²) in [5.41, 5.74) is 9.14. The van der Waals surface area contributed by atoms with E-state index in [1.807, 2.05) is 19.1 Å². The number of carbonyl (C=O) groups is 2. The van der Waals surface area contributed by atoms with Gasteiger partial charge in [0.05, 0.1) is 5.69 Å². The first kappa shape index (κ1) is 17.2. The van der Waals surface area contributed by atoms with Gasteiger partial charge in [-0.2, -0.15) is 5.10 Å². The number of hydrogen-bond acceptors (Lipinski definition) is 3. The quantitative estimate of drug-likeness (QED) is 0.929. The van der Waals surface area contributed by atoms with Crippen molar-refractivity contribution in [3.8, 4) is 0 Å². The Hall–Kier alpha value is -2.63. The summed E-state index contributed by atoms with van der Waals surface area (Å²) in [5, 5.41) is 4.54. The van der Waals surface area contributed by atoms with Crippen LogP contribution in [0.25, 0.3) is 0 Å². The largest absolute Gasteiger partial charge is 0.366 e. The highest BCUT2D eigenvalue weighted by atomic mass is 16.2. The second-order valence-corrected chi connectivity index (χ2v) is 6.65. The van der Waals surface area contributed by atoms with Crippen LogP contribution in [0.4, 0.5) is 5.69 Å². The molecule has 1 aromatic heterocycles. The Morgan fingerprint density at radius 3 is 2.72 bits per heavy atom. The molecule has 0 bridgehead atoms. The van der Waals surface area contributed by atoms with Crippen molar-refractivity contribution >= 4 is 17.5 Å². The molecule has 0 fully saturated rings. The molecule has 3 rings (SSSR count). The van der Waals surface area contributed by atoms with E-state index in [1.165, 1.54) is 0 Å². The predicted octanol–water partition coefficient (Wildman–Crippen LogP) is 2.72. The maximum atomic E-state index is 13.2. The van der Waals surface area contributed by atoms with E-state index in [0.717, 1.165) is 29.8 Å². The smallest absolute Gasteiger partial charge is 0.276 e. The number of carbonyl (C=O) groups excluding carboxylic acids is 2. The summed E-state index contributed by atoms with van der Waals surface area (Å²) < 4.78 is 1.75. The molecule has 0 atom stereocenters. The van der Waals surface area contributed by atoms with Crippen molar-refractivity contribution in [2.75, 3.05) is 11.4 Å². The molecule has 1 aliphatic heterocycles. The Kier molecular flexibility index (Phi) is 4.61. The fourth-order valence-corrected chi connectivity index (χ4v) is 3.34. The number of rotatable bonds is 4. The number of aromatic nitrogens is 2. The van der Waals surface area contributed by atoms with Gasteiger partial charge in [-0.3, -0.25) is 14.3 Å². The van der Waals surface area contributed by atoms with Crippen LogP contribution in [0.5, 0.6) is 0 Å². The first-order valence-corrected chi connectivity index (χ1v) is 8.75. The highest BCUT2D eigenvalue weighted by Gasteiger charge is 2.28. The maximum absolute atomic E-state index is 13.2. The third kappa shape index (κ3) is 3.04. The molecule has 6 nitrogen and oxygen atoms in total. The number of anilines is 1. The number of hydrogen-bond donors (Lipinski definition) is 1. The molecule has 0 spiro atoms. The molecule has 132 valence electrons. The predicted molar refractivity (Wildman–Crippen MR) is 96.9 cm³/mol. The lowest BCUT2D eigenvalue weighted by Crippen LogP contribution is -2.37. The van der Waals surface area contributed by atoms with E-state index >= 15 is 0 Å². The van der Waals surface area contributed by atoms with Crippen LogP contribution in [-0.2, 0) is 13.0 Å². The average Bonchev–Trinajstić information content (AvgIpc) is 3.04. The van der Waals surface area contributed by atoms with Crippen molar-refractivity contribution in [3.63, 3.8) is 0 Å². The first-order chi connectivity index (χ1) is 11.9. The number of amides is 2. The highest BCUT2D eigenvalue weighted by Crippen LogP contribution is 2.31. The third-order valence-electron chi connectivity index (χ3n) is 4.67. The van der Waals surface area contributed by atoms with Gasteiger partial charge in [0, 0.05) is 24.3 Å². The maximum Gasteiger partial charge on any atom is 0.276 e. The van der Waals surface area contributed by atoms with Crippen molar-refractivity contribution < 1.29 is 9.59 Å². The zero-order valence-electron chi connectivity index (χ0n) is 15.0. The summed E-state index contributed by atoms with van der Waals surface area (Å²) in [6.45, 7) is 7.36. The van der Waals surface area contributed by atoms with Gasteiger partial charge in [-0.15, -0.1) is 0 Å².